The number of morpholine rings is 1. The maximum absolute atomic E-state index is 13.0. The highest BCUT2D eigenvalue weighted by Crippen LogP contribution is 2.40. The third-order valence-corrected chi connectivity index (χ3v) is 6.75. The molecule has 4 nitrogen and oxygen atoms in total. The minimum absolute atomic E-state index is 0.0772. The Morgan fingerprint density at radius 3 is 2.25 bits per heavy atom. The summed E-state index contributed by atoms with van der Waals surface area (Å²) in [5, 5.41) is 3.38. The molecule has 0 bridgehead atoms. The van der Waals surface area contributed by atoms with E-state index < -0.39 is 0 Å². The van der Waals surface area contributed by atoms with Crippen molar-refractivity contribution in [3.63, 3.8) is 0 Å². The summed E-state index contributed by atoms with van der Waals surface area (Å²) in [6.45, 7) is 12.5. The van der Waals surface area contributed by atoms with Crippen molar-refractivity contribution in [2.24, 2.45) is 17.3 Å². The van der Waals surface area contributed by atoms with Crippen molar-refractivity contribution in [3.05, 3.63) is 35.9 Å². The lowest BCUT2D eigenvalue weighted by Crippen LogP contribution is -2.49. The first-order chi connectivity index (χ1) is 13.4. The summed E-state index contributed by atoms with van der Waals surface area (Å²) >= 11 is 0. The average molecular weight is 387 g/mol. The summed E-state index contributed by atoms with van der Waals surface area (Å²) in [4.78, 5) is 15.5. The standard InChI is InChI=1S/C24H38N2O2/c1-18(25-23(27)20-10-12-21(13-11-20)24(2,3)4)22(19-8-6-5-7-9-19)26-14-16-28-17-15-26/h5-9,18,20-22H,10-17H2,1-4H3,(H,25,27)/t18-,20?,21?,22-/m1/s1. The maximum Gasteiger partial charge on any atom is 0.223 e. The van der Waals surface area contributed by atoms with E-state index in [0.29, 0.717) is 5.41 Å². The Morgan fingerprint density at radius 2 is 1.68 bits per heavy atom. The summed E-state index contributed by atoms with van der Waals surface area (Å²) in [5.41, 5.74) is 1.62. The lowest BCUT2D eigenvalue weighted by atomic mass is 9.69. The van der Waals surface area contributed by atoms with Crippen LogP contribution in [0.15, 0.2) is 30.3 Å². The summed E-state index contributed by atoms with van der Waals surface area (Å²) in [6, 6.07) is 10.9. The van der Waals surface area contributed by atoms with Crippen LogP contribution in [0, 0.1) is 17.3 Å². The highest BCUT2D eigenvalue weighted by atomic mass is 16.5. The second-order valence-corrected chi connectivity index (χ2v) is 9.72. The van der Waals surface area contributed by atoms with Crippen molar-refractivity contribution in [3.8, 4) is 0 Å². The summed E-state index contributed by atoms with van der Waals surface area (Å²) < 4.78 is 5.55. The Labute approximate surface area is 171 Å². The molecule has 1 saturated heterocycles. The van der Waals surface area contributed by atoms with Gasteiger partial charge in [-0.1, -0.05) is 51.1 Å². The molecular formula is C24H38N2O2. The van der Waals surface area contributed by atoms with Crippen LogP contribution < -0.4 is 5.32 Å². The molecule has 4 heteroatoms. The second kappa shape index (κ2) is 9.41. The van der Waals surface area contributed by atoms with Crippen molar-refractivity contribution in [2.75, 3.05) is 26.3 Å². The molecule has 28 heavy (non-hydrogen) atoms. The van der Waals surface area contributed by atoms with Crippen LogP contribution in [0.1, 0.15) is 65.0 Å². The monoisotopic (exact) mass is 386 g/mol. The minimum atomic E-state index is 0.0772. The molecule has 1 saturated carbocycles. The number of carbonyl (C=O) groups excluding carboxylic acids is 1. The van der Waals surface area contributed by atoms with Gasteiger partial charge in [-0.3, -0.25) is 9.69 Å². The number of rotatable bonds is 5. The first-order valence-electron chi connectivity index (χ1n) is 11.0. The van der Waals surface area contributed by atoms with E-state index in [1.807, 2.05) is 0 Å². The van der Waals surface area contributed by atoms with Crippen molar-refractivity contribution >= 4 is 5.91 Å². The van der Waals surface area contributed by atoms with Gasteiger partial charge in [0.2, 0.25) is 5.91 Å². The molecule has 0 unspecified atom stereocenters. The van der Waals surface area contributed by atoms with E-state index in [2.05, 4.69) is 68.2 Å². The van der Waals surface area contributed by atoms with Gasteiger partial charge in [-0.2, -0.15) is 0 Å². The van der Waals surface area contributed by atoms with Gasteiger partial charge in [-0.15, -0.1) is 0 Å². The first kappa shape index (κ1) is 21.3. The molecule has 1 N–H and O–H groups in total. The van der Waals surface area contributed by atoms with Gasteiger partial charge in [0.1, 0.15) is 0 Å². The Balaban J connectivity index is 1.63. The van der Waals surface area contributed by atoms with Gasteiger partial charge in [0.05, 0.1) is 19.3 Å². The topological polar surface area (TPSA) is 41.6 Å². The molecule has 1 aromatic rings. The molecule has 1 aromatic carbocycles. The van der Waals surface area contributed by atoms with Crippen LogP contribution >= 0.6 is 0 Å². The molecule has 156 valence electrons. The van der Waals surface area contributed by atoms with E-state index in [4.69, 9.17) is 4.74 Å². The molecule has 1 aliphatic heterocycles. The molecule has 0 radical (unpaired) electrons. The zero-order valence-electron chi connectivity index (χ0n) is 18.1. The largest absolute Gasteiger partial charge is 0.379 e. The van der Waals surface area contributed by atoms with E-state index in [1.165, 1.54) is 18.4 Å². The number of amides is 1. The number of benzene rings is 1. The van der Waals surface area contributed by atoms with Crippen LogP contribution in [-0.2, 0) is 9.53 Å². The number of hydrogen-bond acceptors (Lipinski definition) is 3. The van der Waals surface area contributed by atoms with Gasteiger partial charge >= 0.3 is 0 Å². The Kier molecular flexibility index (Phi) is 7.16. The van der Waals surface area contributed by atoms with Crippen molar-refractivity contribution in [1.82, 2.24) is 10.2 Å². The quantitative estimate of drug-likeness (QED) is 0.815. The van der Waals surface area contributed by atoms with E-state index in [0.717, 1.165) is 45.1 Å². The predicted molar refractivity (Wildman–Crippen MR) is 114 cm³/mol. The Bertz CT molecular complexity index is 611. The summed E-state index contributed by atoms with van der Waals surface area (Å²) in [6.07, 6.45) is 4.38. The fourth-order valence-corrected chi connectivity index (χ4v) is 4.96. The van der Waals surface area contributed by atoms with Crippen LogP contribution in [0.3, 0.4) is 0 Å². The highest BCUT2D eigenvalue weighted by Gasteiger charge is 2.34. The Morgan fingerprint density at radius 1 is 1.07 bits per heavy atom. The molecule has 1 aliphatic carbocycles. The van der Waals surface area contributed by atoms with Crippen LogP contribution in [0.4, 0.5) is 0 Å². The van der Waals surface area contributed by atoms with Crippen molar-refractivity contribution < 1.29 is 9.53 Å². The van der Waals surface area contributed by atoms with Gasteiger partial charge in [0.25, 0.3) is 0 Å². The van der Waals surface area contributed by atoms with E-state index in [-0.39, 0.29) is 23.9 Å². The van der Waals surface area contributed by atoms with Crippen LogP contribution in [0.2, 0.25) is 0 Å². The zero-order valence-corrected chi connectivity index (χ0v) is 18.1. The lowest BCUT2D eigenvalue weighted by molar-refractivity contribution is -0.127. The fraction of sp³-hybridized carbons (Fsp3) is 0.708. The third kappa shape index (κ3) is 5.36. The average Bonchev–Trinajstić information content (AvgIpc) is 2.69. The maximum atomic E-state index is 13.0. The number of nitrogens with one attached hydrogen (secondary N) is 1. The molecule has 1 amide bonds. The molecule has 3 rings (SSSR count). The zero-order chi connectivity index (χ0) is 20.1. The van der Waals surface area contributed by atoms with Crippen LogP contribution in [-0.4, -0.2) is 43.2 Å². The smallest absolute Gasteiger partial charge is 0.223 e. The molecule has 2 fully saturated rings. The van der Waals surface area contributed by atoms with Crippen molar-refractivity contribution in [1.29, 1.82) is 0 Å². The number of hydrogen-bond donors (Lipinski definition) is 1. The number of ether oxygens (including phenoxy) is 1. The molecule has 2 atom stereocenters. The van der Waals surface area contributed by atoms with E-state index in [1.54, 1.807) is 0 Å². The molecule has 1 heterocycles. The van der Waals surface area contributed by atoms with Gasteiger partial charge < -0.3 is 10.1 Å². The number of nitrogens with zero attached hydrogens (tertiary/aromatic N) is 1. The second-order valence-electron chi connectivity index (χ2n) is 9.72. The molecule has 2 aliphatic rings. The first-order valence-corrected chi connectivity index (χ1v) is 11.0. The summed E-state index contributed by atoms with van der Waals surface area (Å²) in [7, 11) is 0. The minimum Gasteiger partial charge on any atom is -0.379 e. The lowest BCUT2D eigenvalue weighted by Gasteiger charge is -2.40. The van der Waals surface area contributed by atoms with E-state index in [9.17, 15) is 4.79 Å². The highest BCUT2D eigenvalue weighted by molar-refractivity contribution is 5.79. The van der Waals surface area contributed by atoms with Gasteiger partial charge in [-0.25, -0.2) is 0 Å². The van der Waals surface area contributed by atoms with Gasteiger partial charge in [0.15, 0.2) is 0 Å². The molecule has 0 aromatic heterocycles. The summed E-state index contributed by atoms with van der Waals surface area (Å²) in [5.74, 6) is 1.15. The van der Waals surface area contributed by atoms with Crippen molar-refractivity contribution in [2.45, 2.75) is 65.5 Å². The SMILES string of the molecule is C[C@@H](NC(=O)C1CCC(C(C)(C)C)CC1)[C@H](c1ccccc1)N1CCOCC1. The van der Waals surface area contributed by atoms with Crippen LogP contribution in [0.25, 0.3) is 0 Å². The van der Waals surface area contributed by atoms with Crippen LogP contribution in [0.5, 0.6) is 0 Å². The van der Waals surface area contributed by atoms with Gasteiger partial charge in [0, 0.05) is 25.0 Å². The fourth-order valence-electron chi connectivity index (χ4n) is 4.96. The molecule has 0 spiro atoms. The Hall–Kier alpha value is -1.39. The molecular weight excluding hydrogens is 348 g/mol. The van der Waals surface area contributed by atoms with Gasteiger partial charge in [-0.05, 0) is 49.5 Å². The number of carbonyl (C=O) groups is 1. The van der Waals surface area contributed by atoms with E-state index >= 15 is 0 Å². The third-order valence-electron chi connectivity index (χ3n) is 6.75. The predicted octanol–water partition coefficient (Wildman–Crippen LogP) is 4.42. The normalized spacial score (nSPS) is 26.4.